The summed E-state index contributed by atoms with van der Waals surface area (Å²) in [5.74, 6) is 1.28. The molecule has 2 nitrogen and oxygen atoms in total. The molecule has 1 fully saturated rings. The fraction of sp³-hybridized carbons (Fsp3) is 0.538. The Morgan fingerprint density at radius 1 is 1.56 bits per heavy atom. The molecule has 1 aliphatic carbocycles. The van der Waals surface area contributed by atoms with Crippen LogP contribution >= 0.6 is 0 Å². The Morgan fingerprint density at radius 3 is 2.94 bits per heavy atom. The highest BCUT2D eigenvalue weighted by Gasteiger charge is 2.31. The van der Waals surface area contributed by atoms with E-state index >= 15 is 0 Å². The standard InChI is InChI=1S/C13H18FNO/c1-9-5-11(9)7-15-8-13(16)10-3-2-4-12(14)6-10/h2-4,6,9,11,13,15-16H,5,7-8H2,1H3. The third-order valence-electron chi connectivity index (χ3n) is 3.25. The van der Waals surface area contributed by atoms with Crippen molar-refractivity contribution in [2.45, 2.75) is 19.4 Å². The molecule has 0 heterocycles. The number of aliphatic hydroxyl groups is 1. The van der Waals surface area contributed by atoms with Crippen molar-refractivity contribution in [1.82, 2.24) is 5.32 Å². The molecule has 16 heavy (non-hydrogen) atoms. The highest BCUT2D eigenvalue weighted by molar-refractivity contribution is 5.18. The second kappa shape index (κ2) is 4.93. The van der Waals surface area contributed by atoms with Crippen molar-refractivity contribution in [3.63, 3.8) is 0 Å². The molecular weight excluding hydrogens is 205 g/mol. The fourth-order valence-corrected chi connectivity index (χ4v) is 1.92. The van der Waals surface area contributed by atoms with Gasteiger partial charge in [0.2, 0.25) is 0 Å². The third-order valence-corrected chi connectivity index (χ3v) is 3.25. The number of nitrogens with one attached hydrogen (secondary N) is 1. The Bertz CT molecular complexity index is 356. The van der Waals surface area contributed by atoms with E-state index in [2.05, 4.69) is 12.2 Å². The molecule has 88 valence electrons. The molecule has 3 heteroatoms. The maximum absolute atomic E-state index is 12.9. The van der Waals surface area contributed by atoms with Crippen LogP contribution in [0.4, 0.5) is 4.39 Å². The number of hydrogen-bond donors (Lipinski definition) is 2. The number of benzene rings is 1. The average Bonchev–Trinajstić information content (AvgIpc) is 2.94. The topological polar surface area (TPSA) is 32.3 Å². The van der Waals surface area contributed by atoms with Gasteiger partial charge in [-0.2, -0.15) is 0 Å². The van der Waals surface area contributed by atoms with Crippen LogP contribution in [-0.2, 0) is 0 Å². The van der Waals surface area contributed by atoms with E-state index in [0.29, 0.717) is 12.1 Å². The first-order valence-corrected chi connectivity index (χ1v) is 5.81. The highest BCUT2D eigenvalue weighted by atomic mass is 19.1. The molecule has 0 amide bonds. The van der Waals surface area contributed by atoms with Gasteiger partial charge in [-0.25, -0.2) is 4.39 Å². The summed E-state index contributed by atoms with van der Waals surface area (Å²) < 4.78 is 12.9. The van der Waals surface area contributed by atoms with Crippen molar-refractivity contribution in [3.05, 3.63) is 35.6 Å². The van der Waals surface area contributed by atoms with Crippen molar-refractivity contribution in [3.8, 4) is 0 Å². The van der Waals surface area contributed by atoms with E-state index in [4.69, 9.17) is 0 Å². The summed E-state index contributed by atoms with van der Waals surface area (Å²) in [7, 11) is 0. The Kier molecular flexibility index (Phi) is 3.56. The fourth-order valence-electron chi connectivity index (χ4n) is 1.92. The van der Waals surface area contributed by atoms with Crippen LogP contribution in [-0.4, -0.2) is 18.2 Å². The molecule has 0 saturated heterocycles. The molecule has 0 bridgehead atoms. The Balaban J connectivity index is 1.76. The molecule has 1 aromatic rings. The van der Waals surface area contributed by atoms with Gasteiger partial charge in [0, 0.05) is 6.54 Å². The molecule has 2 N–H and O–H groups in total. The minimum Gasteiger partial charge on any atom is -0.387 e. The SMILES string of the molecule is CC1CC1CNCC(O)c1cccc(F)c1. The van der Waals surface area contributed by atoms with E-state index in [0.717, 1.165) is 18.4 Å². The normalized spacial score (nSPS) is 25.4. The zero-order chi connectivity index (χ0) is 11.5. The lowest BCUT2D eigenvalue weighted by Crippen LogP contribution is -2.24. The predicted molar refractivity (Wildman–Crippen MR) is 61.5 cm³/mol. The zero-order valence-corrected chi connectivity index (χ0v) is 9.49. The first kappa shape index (κ1) is 11.6. The molecular formula is C13H18FNO. The van der Waals surface area contributed by atoms with Crippen molar-refractivity contribution >= 4 is 0 Å². The first-order valence-electron chi connectivity index (χ1n) is 5.81. The minimum absolute atomic E-state index is 0.299. The summed E-state index contributed by atoms with van der Waals surface area (Å²) in [6.07, 6.45) is 0.660. The molecule has 0 aromatic heterocycles. The van der Waals surface area contributed by atoms with Gasteiger partial charge in [0.25, 0.3) is 0 Å². The third kappa shape index (κ3) is 3.03. The van der Waals surface area contributed by atoms with Crippen molar-refractivity contribution < 1.29 is 9.50 Å². The predicted octanol–water partition coefficient (Wildman–Crippen LogP) is 2.10. The minimum atomic E-state index is -0.621. The first-order chi connectivity index (χ1) is 7.66. The van der Waals surface area contributed by atoms with Gasteiger partial charge in [0.05, 0.1) is 6.10 Å². The Morgan fingerprint density at radius 2 is 2.31 bits per heavy atom. The van der Waals surface area contributed by atoms with Gasteiger partial charge in [0.15, 0.2) is 0 Å². The smallest absolute Gasteiger partial charge is 0.123 e. The number of rotatable bonds is 5. The van der Waals surface area contributed by atoms with Crippen LogP contribution in [0, 0.1) is 17.7 Å². The molecule has 2 rings (SSSR count). The lowest BCUT2D eigenvalue weighted by molar-refractivity contribution is 0.174. The van der Waals surface area contributed by atoms with Gasteiger partial charge in [-0.05, 0) is 42.5 Å². The van der Waals surface area contributed by atoms with Crippen molar-refractivity contribution in [2.75, 3.05) is 13.1 Å². The van der Waals surface area contributed by atoms with E-state index in [1.165, 1.54) is 18.6 Å². The van der Waals surface area contributed by atoms with E-state index in [1.807, 2.05) is 0 Å². The van der Waals surface area contributed by atoms with Crippen LogP contribution in [0.5, 0.6) is 0 Å². The second-order valence-corrected chi connectivity index (χ2v) is 4.70. The van der Waals surface area contributed by atoms with Gasteiger partial charge < -0.3 is 10.4 Å². The van der Waals surface area contributed by atoms with Crippen molar-refractivity contribution in [2.24, 2.45) is 11.8 Å². The molecule has 0 spiro atoms. The summed E-state index contributed by atoms with van der Waals surface area (Å²) in [5, 5.41) is 13.0. The molecule has 1 aliphatic rings. The van der Waals surface area contributed by atoms with Crippen LogP contribution in [0.25, 0.3) is 0 Å². The van der Waals surface area contributed by atoms with E-state index in [9.17, 15) is 9.50 Å². The molecule has 3 atom stereocenters. The van der Waals surface area contributed by atoms with Crippen LogP contribution in [0.1, 0.15) is 25.0 Å². The molecule has 1 aromatic carbocycles. The molecule has 3 unspecified atom stereocenters. The quantitative estimate of drug-likeness (QED) is 0.801. The summed E-state index contributed by atoms with van der Waals surface area (Å²) in [6, 6.07) is 6.13. The summed E-state index contributed by atoms with van der Waals surface area (Å²) in [5.41, 5.74) is 0.636. The highest BCUT2D eigenvalue weighted by Crippen LogP contribution is 2.36. The van der Waals surface area contributed by atoms with E-state index in [1.54, 1.807) is 12.1 Å². The number of aliphatic hydroxyl groups excluding tert-OH is 1. The second-order valence-electron chi connectivity index (χ2n) is 4.70. The Hall–Kier alpha value is -0.930. The molecule has 1 saturated carbocycles. The number of halogens is 1. The van der Waals surface area contributed by atoms with Gasteiger partial charge in [0.1, 0.15) is 5.82 Å². The van der Waals surface area contributed by atoms with E-state index in [-0.39, 0.29) is 5.82 Å². The average molecular weight is 223 g/mol. The largest absolute Gasteiger partial charge is 0.387 e. The van der Waals surface area contributed by atoms with Crippen molar-refractivity contribution in [1.29, 1.82) is 0 Å². The van der Waals surface area contributed by atoms with Crippen LogP contribution in [0.3, 0.4) is 0 Å². The summed E-state index contributed by atoms with van der Waals surface area (Å²) >= 11 is 0. The summed E-state index contributed by atoms with van der Waals surface area (Å²) in [4.78, 5) is 0. The Labute approximate surface area is 95.5 Å². The van der Waals surface area contributed by atoms with Crippen LogP contribution in [0.2, 0.25) is 0 Å². The van der Waals surface area contributed by atoms with Gasteiger partial charge in [-0.3, -0.25) is 0 Å². The van der Waals surface area contributed by atoms with Gasteiger partial charge in [-0.1, -0.05) is 19.1 Å². The van der Waals surface area contributed by atoms with E-state index < -0.39 is 6.10 Å². The zero-order valence-electron chi connectivity index (χ0n) is 9.49. The maximum Gasteiger partial charge on any atom is 0.123 e. The molecule has 0 radical (unpaired) electrons. The summed E-state index contributed by atoms with van der Waals surface area (Å²) in [6.45, 7) is 3.68. The lowest BCUT2D eigenvalue weighted by atomic mass is 10.1. The van der Waals surface area contributed by atoms with Crippen LogP contribution < -0.4 is 5.32 Å². The maximum atomic E-state index is 12.9. The number of hydrogen-bond acceptors (Lipinski definition) is 2. The molecule has 0 aliphatic heterocycles. The monoisotopic (exact) mass is 223 g/mol. The van der Waals surface area contributed by atoms with Crippen LogP contribution in [0.15, 0.2) is 24.3 Å². The van der Waals surface area contributed by atoms with Gasteiger partial charge >= 0.3 is 0 Å². The lowest BCUT2D eigenvalue weighted by Gasteiger charge is -2.12. The van der Waals surface area contributed by atoms with Gasteiger partial charge in [-0.15, -0.1) is 0 Å².